The molecule has 2 bridgehead atoms. The zero-order valence-corrected chi connectivity index (χ0v) is 27.2. The van der Waals surface area contributed by atoms with E-state index in [9.17, 15) is 19.2 Å². The van der Waals surface area contributed by atoms with Crippen LogP contribution in [0.4, 0.5) is 0 Å². The van der Waals surface area contributed by atoms with Crippen molar-refractivity contribution in [2.24, 2.45) is 11.8 Å². The van der Waals surface area contributed by atoms with Crippen molar-refractivity contribution in [2.75, 3.05) is 34.3 Å². The van der Waals surface area contributed by atoms with E-state index < -0.39 is 30.3 Å². The summed E-state index contributed by atoms with van der Waals surface area (Å²) < 4.78 is 11.9. The Kier molecular flexibility index (Phi) is 10.9. The smallest absolute Gasteiger partial charge is 0.249 e. The van der Waals surface area contributed by atoms with Gasteiger partial charge in [-0.3, -0.25) is 24.1 Å². The first kappa shape index (κ1) is 33.3. The Hall–Kier alpha value is -3.60. The van der Waals surface area contributed by atoms with Gasteiger partial charge in [0.05, 0.1) is 13.2 Å². The first-order valence-electron chi connectivity index (χ1n) is 15.9. The van der Waals surface area contributed by atoms with Crippen LogP contribution in [0, 0.1) is 11.8 Å². The number of rotatable bonds is 9. The van der Waals surface area contributed by atoms with Gasteiger partial charge >= 0.3 is 0 Å². The van der Waals surface area contributed by atoms with Gasteiger partial charge in [0, 0.05) is 31.3 Å². The fourth-order valence-electron chi connectivity index (χ4n) is 6.68. The molecule has 0 saturated carbocycles. The lowest BCUT2D eigenvalue weighted by Gasteiger charge is -2.36. The molecule has 1 aromatic carbocycles. The minimum atomic E-state index is -0.944. The van der Waals surface area contributed by atoms with Crippen LogP contribution in [0.2, 0.25) is 0 Å². The highest BCUT2D eigenvalue weighted by molar-refractivity contribution is 5.96. The van der Waals surface area contributed by atoms with Gasteiger partial charge < -0.3 is 29.9 Å². The van der Waals surface area contributed by atoms with Crippen LogP contribution in [0.3, 0.4) is 0 Å². The second-order valence-corrected chi connectivity index (χ2v) is 12.8. The van der Waals surface area contributed by atoms with E-state index in [0.29, 0.717) is 55.8 Å². The van der Waals surface area contributed by atoms with Gasteiger partial charge in [-0.1, -0.05) is 34.1 Å². The third kappa shape index (κ3) is 7.20. The number of methoxy groups -OCH3 is 1. The number of fused-ring (bicyclic) bond motifs is 4. The molecule has 3 heterocycles. The quantitative estimate of drug-likeness (QED) is 0.441. The lowest BCUT2D eigenvalue weighted by Crippen LogP contribution is -2.60. The lowest BCUT2D eigenvalue weighted by molar-refractivity contribution is -0.150. The fraction of sp³-hybridized carbons (Fsp3) is 0.636. The van der Waals surface area contributed by atoms with Gasteiger partial charge in [-0.15, -0.1) is 0 Å². The van der Waals surface area contributed by atoms with Crippen molar-refractivity contribution in [3.63, 3.8) is 0 Å². The van der Waals surface area contributed by atoms with E-state index >= 15 is 0 Å². The highest BCUT2D eigenvalue weighted by atomic mass is 16.5. The van der Waals surface area contributed by atoms with Crippen molar-refractivity contribution in [3.8, 4) is 11.5 Å². The Balaban J connectivity index is 1.69. The van der Waals surface area contributed by atoms with E-state index in [0.717, 1.165) is 6.42 Å². The monoisotopic (exact) mass is 611 g/mol. The Morgan fingerprint density at radius 3 is 2.57 bits per heavy atom. The largest absolute Gasteiger partial charge is 0.496 e. The molecular formula is C33H49N5O6. The molecule has 4 rings (SSSR count). The van der Waals surface area contributed by atoms with Gasteiger partial charge in [0.15, 0.2) is 0 Å². The van der Waals surface area contributed by atoms with Gasteiger partial charge in [0.2, 0.25) is 23.6 Å². The third-order valence-electron chi connectivity index (χ3n) is 9.02. The second-order valence-electron chi connectivity index (χ2n) is 12.8. The van der Waals surface area contributed by atoms with Crippen LogP contribution in [-0.4, -0.2) is 103 Å². The van der Waals surface area contributed by atoms with Gasteiger partial charge in [-0.2, -0.15) is 0 Å². The molecule has 0 spiro atoms. The summed E-state index contributed by atoms with van der Waals surface area (Å²) in [6, 6.07) is 2.54. The number of hydrogen-bond acceptors (Lipinski definition) is 7. The second kappa shape index (κ2) is 14.5. The van der Waals surface area contributed by atoms with Crippen LogP contribution in [-0.2, 0) is 19.2 Å². The molecule has 2 fully saturated rings. The third-order valence-corrected chi connectivity index (χ3v) is 9.02. The highest BCUT2D eigenvalue weighted by Gasteiger charge is 2.49. The number of likely N-dealkylation sites (tertiary alicyclic amines) is 1. The van der Waals surface area contributed by atoms with E-state index in [1.165, 1.54) is 0 Å². The molecule has 6 atom stereocenters. The van der Waals surface area contributed by atoms with Gasteiger partial charge in [0.25, 0.3) is 0 Å². The molecule has 11 heteroatoms. The molecular weight excluding hydrogens is 562 g/mol. The first-order chi connectivity index (χ1) is 21.0. The summed E-state index contributed by atoms with van der Waals surface area (Å²) in [5, 5.41) is 5.88. The molecule has 0 radical (unpaired) electrons. The number of hydrogen-bond donors (Lipinski definition) is 2. The molecule has 3 aliphatic rings. The zero-order chi connectivity index (χ0) is 32.1. The topological polar surface area (TPSA) is 121 Å². The Labute approximate surface area is 261 Å². The predicted octanol–water partition coefficient (Wildman–Crippen LogP) is 2.64. The number of nitrogens with one attached hydrogen (secondary N) is 2. The lowest BCUT2D eigenvalue weighted by atomic mass is 9.96. The summed E-state index contributed by atoms with van der Waals surface area (Å²) in [4.78, 5) is 60.5. The van der Waals surface area contributed by atoms with E-state index in [2.05, 4.69) is 10.6 Å². The van der Waals surface area contributed by atoms with Crippen LogP contribution < -0.4 is 20.1 Å². The van der Waals surface area contributed by atoms with Crippen molar-refractivity contribution >= 4 is 29.7 Å². The van der Waals surface area contributed by atoms with Gasteiger partial charge in [-0.05, 0) is 69.5 Å². The number of carbonyl (C=O) groups is 4. The molecule has 1 unspecified atom stereocenters. The highest BCUT2D eigenvalue weighted by Crippen LogP contribution is 2.32. The molecule has 4 amide bonds. The normalized spacial score (nSPS) is 24.6. The first-order valence-corrected chi connectivity index (χ1v) is 15.9. The average molecular weight is 612 g/mol. The molecule has 0 aliphatic carbocycles. The number of ether oxygens (including phenoxy) is 2. The average Bonchev–Trinajstić information content (AvgIpc) is 3.63. The molecule has 2 N–H and O–H groups in total. The number of carbonyl (C=O) groups excluding carboxylic acids is 4. The van der Waals surface area contributed by atoms with Crippen LogP contribution in [0.25, 0.3) is 6.08 Å². The summed E-state index contributed by atoms with van der Waals surface area (Å²) in [6.07, 6.45) is 5.54. The summed E-state index contributed by atoms with van der Waals surface area (Å²) in [5.41, 5.74) is 0.707. The summed E-state index contributed by atoms with van der Waals surface area (Å²) >= 11 is 0. The minimum Gasteiger partial charge on any atom is -0.496 e. The number of nitrogens with zero attached hydrogens (tertiary/aromatic N) is 3. The molecule has 1 aromatic rings. The maximum atomic E-state index is 14.4. The molecule has 3 aliphatic heterocycles. The zero-order valence-electron chi connectivity index (χ0n) is 27.2. The Bertz CT molecular complexity index is 1250. The maximum Gasteiger partial charge on any atom is 0.249 e. The molecule has 2 saturated heterocycles. The Morgan fingerprint density at radius 1 is 1.16 bits per heavy atom. The van der Waals surface area contributed by atoms with E-state index in [1.54, 1.807) is 47.4 Å². The predicted molar refractivity (Wildman–Crippen MR) is 168 cm³/mol. The van der Waals surface area contributed by atoms with E-state index in [4.69, 9.17) is 9.47 Å². The van der Waals surface area contributed by atoms with Gasteiger partial charge in [0.1, 0.15) is 35.7 Å². The summed E-state index contributed by atoms with van der Waals surface area (Å²) in [7, 11) is 5.31. The number of likely N-dealkylation sites (N-methyl/N-ethyl adjacent to an activating group) is 1. The molecule has 0 aromatic heterocycles. The van der Waals surface area contributed by atoms with Crippen LogP contribution in [0.5, 0.6) is 11.5 Å². The van der Waals surface area contributed by atoms with Crippen molar-refractivity contribution in [3.05, 3.63) is 30.0 Å². The van der Waals surface area contributed by atoms with Gasteiger partial charge in [-0.25, -0.2) is 0 Å². The molecule has 242 valence electrons. The van der Waals surface area contributed by atoms with Crippen LogP contribution in [0.15, 0.2) is 24.4 Å². The number of amides is 4. The maximum absolute atomic E-state index is 14.4. The summed E-state index contributed by atoms with van der Waals surface area (Å²) in [5.74, 6) is 0.245. The summed E-state index contributed by atoms with van der Waals surface area (Å²) in [6.45, 7) is 8.79. The fourth-order valence-corrected chi connectivity index (χ4v) is 6.68. The molecule has 44 heavy (non-hydrogen) atoms. The van der Waals surface area contributed by atoms with Crippen molar-refractivity contribution in [1.82, 2.24) is 25.3 Å². The van der Waals surface area contributed by atoms with Crippen molar-refractivity contribution in [1.29, 1.82) is 0 Å². The Morgan fingerprint density at radius 2 is 1.91 bits per heavy atom. The van der Waals surface area contributed by atoms with Crippen LogP contribution >= 0.6 is 0 Å². The van der Waals surface area contributed by atoms with Crippen LogP contribution in [0.1, 0.15) is 65.4 Å². The molecule has 11 nitrogen and oxygen atoms in total. The van der Waals surface area contributed by atoms with Crippen molar-refractivity contribution in [2.45, 2.75) is 90.1 Å². The van der Waals surface area contributed by atoms with E-state index in [1.807, 2.05) is 46.7 Å². The van der Waals surface area contributed by atoms with E-state index in [-0.39, 0.29) is 35.5 Å². The standard InChI is InChI=1S/C33H49N5O6/c1-8-21(4)28(36(5)6)31(40)35-24(18-20(2)3)32(41)38-17-14-27-29(38)33(42)37-16-9-10-25(37)30(39)34-15-13-22-19-23(44-27)11-12-26(22)43-7/h11-13,15,19-21,24-25,27-29H,8-10,14,16-18H2,1-7H3,(H,34,39)(H,35,40)/b15-13-/t21?,24-,25-,27-,28+,29-/m0/s1. The number of benzene rings is 1. The minimum absolute atomic E-state index is 0.0865. The van der Waals surface area contributed by atoms with Crippen molar-refractivity contribution < 1.29 is 28.7 Å². The SMILES string of the molecule is CCC(C)[C@H](C(=O)N[C@@H](CC(C)C)C(=O)N1CC[C@@H]2Oc3ccc(OC)c(c3)/C=C\NC(=O)[C@@H]3CCCN3C(=O)[C@H]21)N(C)C.